The average Bonchev–Trinajstić information content (AvgIpc) is 3.48. The van der Waals surface area contributed by atoms with Gasteiger partial charge in [0.15, 0.2) is 11.6 Å². The summed E-state index contributed by atoms with van der Waals surface area (Å²) < 4.78 is 15.2. The number of nitrogens with one attached hydrogen (secondary N) is 1. The molecule has 49 heavy (non-hydrogen) atoms. The molecule has 4 amide bonds. The number of halogens is 2. The standard InChI is InChI=1S/C39H31ClFN3O5/c1-21-7-12-25(13-8-21)42-44-36(47)30-20-29-27(16-17-28-33(29)37(48)43(35(28)46)26-14-10-24(40)11-15-26)34(22-9-18-32(45)31(41)19-22)39(30,38(44)49)23-5-3-2-4-6-23/h2-16,18-19,28-30,33-34,42,45H,17,20H2,1H3. The molecule has 0 radical (unpaired) electrons. The number of rotatable bonds is 5. The van der Waals surface area contributed by atoms with E-state index in [1.54, 1.807) is 66.7 Å². The van der Waals surface area contributed by atoms with Crippen LogP contribution in [0.4, 0.5) is 15.8 Å². The molecule has 10 heteroatoms. The van der Waals surface area contributed by atoms with E-state index in [2.05, 4.69) is 5.43 Å². The van der Waals surface area contributed by atoms with Crippen molar-refractivity contribution in [3.05, 3.63) is 136 Å². The molecule has 2 heterocycles. The largest absolute Gasteiger partial charge is 0.505 e. The predicted octanol–water partition coefficient (Wildman–Crippen LogP) is 6.68. The van der Waals surface area contributed by atoms with E-state index in [-0.39, 0.29) is 24.7 Å². The Morgan fingerprint density at radius 2 is 1.57 bits per heavy atom. The van der Waals surface area contributed by atoms with Crippen LogP contribution in [-0.2, 0) is 24.6 Å². The number of hydrazine groups is 1. The summed E-state index contributed by atoms with van der Waals surface area (Å²) in [6, 6.07) is 26.8. The molecule has 246 valence electrons. The normalized spacial score (nSPS) is 27.5. The van der Waals surface area contributed by atoms with Crippen LogP contribution >= 0.6 is 11.6 Å². The molecular formula is C39H31ClFN3O5. The molecule has 6 unspecified atom stereocenters. The van der Waals surface area contributed by atoms with Crippen molar-refractivity contribution in [3.63, 3.8) is 0 Å². The first kappa shape index (κ1) is 31.0. The number of aryl methyl sites for hydroxylation is 1. The van der Waals surface area contributed by atoms with Crippen LogP contribution in [0.15, 0.2) is 109 Å². The minimum atomic E-state index is -1.53. The molecule has 8 rings (SSSR count). The van der Waals surface area contributed by atoms with Crippen LogP contribution in [0.5, 0.6) is 5.75 Å². The Balaban J connectivity index is 1.32. The Morgan fingerprint density at radius 3 is 2.27 bits per heavy atom. The van der Waals surface area contributed by atoms with Gasteiger partial charge in [0.25, 0.3) is 11.8 Å². The lowest BCUT2D eigenvalue weighted by molar-refractivity contribution is -0.138. The number of benzene rings is 4. The van der Waals surface area contributed by atoms with E-state index in [9.17, 15) is 19.5 Å². The first-order valence-electron chi connectivity index (χ1n) is 16.2. The van der Waals surface area contributed by atoms with Crippen molar-refractivity contribution < 1.29 is 28.7 Å². The molecule has 4 aromatic rings. The summed E-state index contributed by atoms with van der Waals surface area (Å²) in [4.78, 5) is 59.2. The van der Waals surface area contributed by atoms with E-state index >= 15 is 9.18 Å². The van der Waals surface area contributed by atoms with E-state index in [0.717, 1.165) is 10.6 Å². The highest BCUT2D eigenvalue weighted by Crippen LogP contribution is 2.64. The number of carbonyl (C=O) groups excluding carboxylic acids is 4. The Labute approximate surface area is 286 Å². The number of phenols is 1. The van der Waals surface area contributed by atoms with Crippen LogP contribution in [0.1, 0.15) is 35.4 Å². The fourth-order valence-electron chi connectivity index (χ4n) is 8.67. The highest BCUT2D eigenvalue weighted by atomic mass is 35.5. The Morgan fingerprint density at radius 1 is 0.857 bits per heavy atom. The zero-order valence-corrected chi connectivity index (χ0v) is 27.1. The number of fused-ring (bicyclic) bond motifs is 4. The van der Waals surface area contributed by atoms with Crippen LogP contribution in [0.2, 0.25) is 5.02 Å². The Hall–Kier alpha value is -5.28. The minimum absolute atomic E-state index is 0.114. The molecule has 2 aliphatic heterocycles. The summed E-state index contributed by atoms with van der Waals surface area (Å²) in [5.74, 6) is -7.09. The highest BCUT2D eigenvalue weighted by molar-refractivity contribution is 6.31. The second kappa shape index (κ2) is 11.4. The molecule has 2 N–H and O–H groups in total. The van der Waals surface area contributed by atoms with Gasteiger partial charge in [-0.3, -0.25) is 29.5 Å². The maximum absolute atomic E-state index is 15.2. The van der Waals surface area contributed by atoms with E-state index < -0.39 is 58.4 Å². The molecule has 0 spiro atoms. The summed E-state index contributed by atoms with van der Waals surface area (Å²) in [5.41, 5.74) is 5.11. The molecule has 2 saturated heterocycles. The van der Waals surface area contributed by atoms with Gasteiger partial charge in [-0.2, -0.15) is 5.01 Å². The van der Waals surface area contributed by atoms with Gasteiger partial charge in [0.1, 0.15) is 0 Å². The Kier molecular flexibility index (Phi) is 7.22. The van der Waals surface area contributed by atoms with Gasteiger partial charge < -0.3 is 5.11 Å². The number of carbonyl (C=O) groups is 4. The molecule has 6 atom stereocenters. The fraction of sp³-hybridized carbons (Fsp3) is 0.231. The molecule has 0 bridgehead atoms. The van der Waals surface area contributed by atoms with Crippen molar-refractivity contribution >= 4 is 46.6 Å². The van der Waals surface area contributed by atoms with Gasteiger partial charge in [0, 0.05) is 10.9 Å². The lowest BCUT2D eigenvalue weighted by Crippen LogP contribution is -2.53. The number of phenolic OH excluding ortho intramolecular Hbond substituents is 1. The molecule has 8 nitrogen and oxygen atoms in total. The topological polar surface area (TPSA) is 107 Å². The van der Waals surface area contributed by atoms with Gasteiger partial charge in [-0.15, -0.1) is 0 Å². The predicted molar refractivity (Wildman–Crippen MR) is 181 cm³/mol. The zero-order valence-electron chi connectivity index (χ0n) is 26.3. The van der Waals surface area contributed by atoms with Crippen LogP contribution in [0.25, 0.3) is 0 Å². The third-order valence-corrected chi connectivity index (χ3v) is 11.0. The minimum Gasteiger partial charge on any atom is -0.505 e. The number of amides is 4. The van der Waals surface area contributed by atoms with Crippen LogP contribution < -0.4 is 10.3 Å². The first-order chi connectivity index (χ1) is 23.6. The van der Waals surface area contributed by atoms with Gasteiger partial charge in [0.05, 0.1) is 34.5 Å². The number of aromatic hydroxyl groups is 1. The molecule has 3 fully saturated rings. The summed E-state index contributed by atoms with van der Waals surface area (Å²) in [5, 5.41) is 11.7. The van der Waals surface area contributed by atoms with Gasteiger partial charge in [-0.1, -0.05) is 77.3 Å². The van der Waals surface area contributed by atoms with E-state index in [1.807, 2.05) is 31.2 Å². The SMILES string of the molecule is Cc1ccc(NN2C(=O)C3CC4C(=CCC5C(=O)N(c6ccc(Cl)cc6)C(=O)C54)C(c4ccc(O)c(F)c4)C3(c3ccccc3)C2=O)cc1. The molecule has 2 aliphatic carbocycles. The van der Waals surface area contributed by atoms with Crippen LogP contribution in [0.3, 0.4) is 0 Å². The number of allylic oxidation sites excluding steroid dienone is 2. The zero-order chi connectivity index (χ0) is 34.2. The maximum atomic E-state index is 15.2. The van der Waals surface area contributed by atoms with Crippen molar-refractivity contribution in [1.29, 1.82) is 0 Å². The lowest BCUT2D eigenvalue weighted by atomic mass is 9.49. The van der Waals surface area contributed by atoms with Crippen molar-refractivity contribution in [1.82, 2.24) is 5.01 Å². The molecular weight excluding hydrogens is 645 g/mol. The van der Waals surface area contributed by atoms with Crippen molar-refractivity contribution in [3.8, 4) is 5.75 Å². The number of imide groups is 2. The van der Waals surface area contributed by atoms with Gasteiger partial charge in [-0.25, -0.2) is 4.39 Å². The van der Waals surface area contributed by atoms with Crippen LogP contribution in [0, 0.1) is 36.4 Å². The summed E-state index contributed by atoms with van der Waals surface area (Å²) >= 11 is 6.10. The molecule has 0 aromatic heterocycles. The molecule has 4 aromatic carbocycles. The second-order valence-electron chi connectivity index (χ2n) is 13.3. The second-order valence-corrected chi connectivity index (χ2v) is 13.7. The van der Waals surface area contributed by atoms with Gasteiger partial charge in [0.2, 0.25) is 11.8 Å². The van der Waals surface area contributed by atoms with E-state index in [0.29, 0.717) is 33.1 Å². The summed E-state index contributed by atoms with van der Waals surface area (Å²) in [6.45, 7) is 1.93. The lowest BCUT2D eigenvalue weighted by Gasteiger charge is -2.50. The third kappa shape index (κ3) is 4.55. The number of anilines is 2. The quantitative estimate of drug-likeness (QED) is 0.181. The number of nitrogens with zero attached hydrogens (tertiary/aromatic N) is 2. The van der Waals surface area contributed by atoms with E-state index in [1.165, 1.54) is 17.0 Å². The van der Waals surface area contributed by atoms with E-state index in [4.69, 9.17) is 11.6 Å². The fourth-order valence-corrected chi connectivity index (χ4v) is 8.80. The smallest absolute Gasteiger partial charge is 0.260 e. The monoisotopic (exact) mass is 675 g/mol. The van der Waals surface area contributed by atoms with Crippen molar-refractivity contribution in [2.45, 2.75) is 31.1 Å². The third-order valence-electron chi connectivity index (χ3n) is 10.8. The Bertz CT molecular complexity index is 2070. The summed E-state index contributed by atoms with van der Waals surface area (Å²) in [6.07, 6.45) is 2.25. The first-order valence-corrected chi connectivity index (χ1v) is 16.6. The van der Waals surface area contributed by atoms with Crippen molar-refractivity contribution in [2.24, 2.45) is 23.7 Å². The average molecular weight is 676 g/mol. The van der Waals surface area contributed by atoms with Crippen molar-refractivity contribution in [2.75, 3.05) is 10.3 Å². The number of hydrogen-bond donors (Lipinski definition) is 2. The highest BCUT2D eigenvalue weighted by Gasteiger charge is 2.70. The number of hydrogen-bond acceptors (Lipinski definition) is 6. The molecule has 4 aliphatic rings. The summed E-state index contributed by atoms with van der Waals surface area (Å²) in [7, 11) is 0. The maximum Gasteiger partial charge on any atom is 0.260 e. The van der Waals surface area contributed by atoms with Gasteiger partial charge >= 0.3 is 0 Å². The molecule has 1 saturated carbocycles. The van der Waals surface area contributed by atoms with Crippen LogP contribution in [-0.4, -0.2) is 33.7 Å². The van der Waals surface area contributed by atoms with Gasteiger partial charge in [-0.05, 0) is 85.3 Å².